The molecule has 1 aromatic heterocycles. The highest BCUT2D eigenvalue weighted by Gasteiger charge is 2.18. The van der Waals surface area contributed by atoms with Crippen molar-refractivity contribution in [3.63, 3.8) is 0 Å². The van der Waals surface area contributed by atoms with Gasteiger partial charge >= 0.3 is 0 Å². The minimum absolute atomic E-state index is 0.268. The maximum absolute atomic E-state index is 12.1. The molecule has 1 amide bonds. The molecule has 1 unspecified atom stereocenters. The van der Waals surface area contributed by atoms with Crippen LogP contribution in [0.2, 0.25) is 10.0 Å². The van der Waals surface area contributed by atoms with E-state index < -0.39 is 6.10 Å². The van der Waals surface area contributed by atoms with Gasteiger partial charge in [-0.1, -0.05) is 48.4 Å². The van der Waals surface area contributed by atoms with Gasteiger partial charge in [-0.25, -0.2) is 0 Å². The molecule has 0 fully saturated rings. The van der Waals surface area contributed by atoms with Gasteiger partial charge in [0.25, 0.3) is 5.91 Å². The molecule has 1 atom stereocenters. The van der Waals surface area contributed by atoms with Gasteiger partial charge in [0.1, 0.15) is 10.8 Å². The monoisotopic (exact) mass is 359 g/mol. The van der Waals surface area contributed by atoms with Gasteiger partial charge in [0, 0.05) is 10.9 Å². The molecule has 0 radical (unpaired) electrons. The van der Waals surface area contributed by atoms with Crippen LogP contribution in [-0.2, 0) is 4.79 Å². The van der Waals surface area contributed by atoms with Crippen LogP contribution in [0.1, 0.15) is 31.7 Å². The number of carbonyl (C=O) groups is 1. The molecule has 0 aliphatic carbocycles. The highest BCUT2D eigenvalue weighted by Crippen LogP contribution is 2.28. The summed E-state index contributed by atoms with van der Waals surface area (Å²) in [7, 11) is 0. The first-order chi connectivity index (χ1) is 10.4. The van der Waals surface area contributed by atoms with Gasteiger partial charge < -0.3 is 4.74 Å². The van der Waals surface area contributed by atoms with E-state index in [-0.39, 0.29) is 11.8 Å². The molecule has 0 saturated carbocycles. The Bertz CT molecular complexity index is 676. The summed E-state index contributed by atoms with van der Waals surface area (Å²) in [6.07, 6.45) is -0.731. The molecule has 8 heteroatoms. The molecule has 22 heavy (non-hydrogen) atoms. The quantitative estimate of drug-likeness (QED) is 0.860. The fourth-order valence-electron chi connectivity index (χ4n) is 1.54. The second-order valence-corrected chi connectivity index (χ2v) is 6.78. The molecule has 0 saturated heterocycles. The van der Waals surface area contributed by atoms with Crippen molar-refractivity contribution in [3.8, 4) is 5.75 Å². The molecule has 1 N–H and O–H groups in total. The predicted molar refractivity (Wildman–Crippen MR) is 89.2 cm³/mol. The number of carbonyl (C=O) groups excluding carboxylic acids is 1. The number of ether oxygens (including phenoxy) is 1. The molecule has 1 aromatic carbocycles. The van der Waals surface area contributed by atoms with E-state index in [1.54, 1.807) is 25.1 Å². The minimum Gasteiger partial charge on any atom is -0.479 e. The molecule has 1 heterocycles. The number of hydrogen-bond acceptors (Lipinski definition) is 5. The molecule has 0 aliphatic heterocycles. The molecule has 2 rings (SSSR count). The molecule has 2 aromatic rings. The Hall–Kier alpha value is -1.37. The van der Waals surface area contributed by atoms with E-state index >= 15 is 0 Å². The van der Waals surface area contributed by atoms with Crippen LogP contribution >= 0.6 is 34.5 Å². The van der Waals surface area contributed by atoms with Crippen LogP contribution in [-0.4, -0.2) is 22.2 Å². The lowest BCUT2D eigenvalue weighted by Crippen LogP contribution is -2.30. The number of nitrogens with one attached hydrogen (secondary N) is 1. The zero-order valence-electron chi connectivity index (χ0n) is 12.3. The standard InChI is InChI=1S/C14H15Cl2N3O2S/c1-7(2)13-18-19-14(22-13)17-12(20)8(3)21-11-5-4-9(15)6-10(11)16/h4-8H,1-3H3,(H,17,19,20). The van der Waals surface area contributed by atoms with Crippen LogP contribution in [0.25, 0.3) is 0 Å². The van der Waals surface area contributed by atoms with Gasteiger partial charge in [-0.3, -0.25) is 10.1 Å². The highest BCUT2D eigenvalue weighted by atomic mass is 35.5. The van der Waals surface area contributed by atoms with E-state index in [0.29, 0.717) is 20.9 Å². The van der Waals surface area contributed by atoms with Gasteiger partial charge in [-0.05, 0) is 25.1 Å². The molecule has 0 bridgehead atoms. The smallest absolute Gasteiger partial charge is 0.266 e. The van der Waals surface area contributed by atoms with E-state index in [1.165, 1.54) is 11.3 Å². The number of amides is 1. The summed E-state index contributed by atoms with van der Waals surface area (Å²) in [6.45, 7) is 5.66. The molecule has 118 valence electrons. The number of halogens is 2. The number of anilines is 1. The first-order valence-electron chi connectivity index (χ1n) is 6.62. The normalized spacial score (nSPS) is 12.3. The van der Waals surface area contributed by atoms with Crippen molar-refractivity contribution in [1.82, 2.24) is 10.2 Å². The van der Waals surface area contributed by atoms with Crippen molar-refractivity contribution in [3.05, 3.63) is 33.3 Å². The summed E-state index contributed by atoms with van der Waals surface area (Å²) in [5.41, 5.74) is 0. The van der Waals surface area contributed by atoms with Crippen LogP contribution in [0.5, 0.6) is 5.75 Å². The van der Waals surface area contributed by atoms with Gasteiger partial charge in [0.05, 0.1) is 5.02 Å². The second-order valence-electron chi connectivity index (χ2n) is 4.92. The third kappa shape index (κ3) is 4.32. The Morgan fingerprint density at radius 3 is 2.59 bits per heavy atom. The van der Waals surface area contributed by atoms with E-state index in [0.717, 1.165) is 5.01 Å². The third-order valence-electron chi connectivity index (χ3n) is 2.73. The fourth-order valence-corrected chi connectivity index (χ4v) is 2.74. The van der Waals surface area contributed by atoms with Gasteiger partial charge in [0.2, 0.25) is 5.13 Å². The van der Waals surface area contributed by atoms with Crippen LogP contribution in [0, 0.1) is 0 Å². The summed E-state index contributed by atoms with van der Waals surface area (Å²) in [5, 5.41) is 12.8. The van der Waals surface area contributed by atoms with Crippen LogP contribution in [0.3, 0.4) is 0 Å². The van der Waals surface area contributed by atoms with E-state index in [9.17, 15) is 4.79 Å². The minimum atomic E-state index is -0.731. The van der Waals surface area contributed by atoms with Crippen molar-refractivity contribution in [2.24, 2.45) is 0 Å². The lowest BCUT2D eigenvalue weighted by molar-refractivity contribution is -0.122. The topological polar surface area (TPSA) is 64.1 Å². The Labute approximate surface area is 142 Å². The van der Waals surface area contributed by atoms with Gasteiger partial charge in [-0.2, -0.15) is 0 Å². The van der Waals surface area contributed by atoms with Crippen molar-refractivity contribution >= 4 is 45.6 Å². The number of aromatic nitrogens is 2. The van der Waals surface area contributed by atoms with E-state index in [4.69, 9.17) is 27.9 Å². The first kappa shape index (κ1) is 17.0. The van der Waals surface area contributed by atoms with Crippen molar-refractivity contribution < 1.29 is 9.53 Å². The van der Waals surface area contributed by atoms with E-state index in [2.05, 4.69) is 15.5 Å². The van der Waals surface area contributed by atoms with Crippen LogP contribution in [0.15, 0.2) is 18.2 Å². The fraction of sp³-hybridized carbons (Fsp3) is 0.357. The average Bonchev–Trinajstić information content (AvgIpc) is 2.90. The molecular weight excluding hydrogens is 345 g/mol. The Balaban J connectivity index is 1.99. The molecular formula is C14H15Cl2N3O2S. The molecule has 5 nitrogen and oxygen atoms in total. The van der Waals surface area contributed by atoms with Gasteiger partial charge in [-0.15, -0.1) is 10.2 Å². The number of hydrogen-bond donors (Lipinski definition) is 1. The highest BCUT2D eigenvalue weighted by molar-refractivity contribution is 7.15. The average molecular weight is 360 g/mol. The predicted octanol–water partition coefficient (Wildman–Crippen LogP) is 4.37. The summed E-state index contributed by atoms with van der Waals surface area (Å²) in [5.74, 6) is 0.344. The lowest BCUT2D eigenvalue weighted by Gasteiger charge is -2.14. The summed E-state index contributed by atoms with van der Waals surface area (Å²) >= 11 is 13.2. The van der Waals surface area contributed by atoms with Crippen LogP contribution < -0.4 is 10.1 Å². The van der Waals surface area contributed by atoms with Crippen molar-refractivity contribution in [1.29, 1.82) is 0 Å². The largest absolute Gasteiger partial charge is 0.479 e. The maximum atomic E-state index is 12.1. The molecule has 0 spiro atoms. The third-order valence-corrected chi connectivity index (χ3v) is 4.40. The Morgan fingerprint density at radius 2 is 2.00 bits per heavy atom. The first-order valence-corrected chi connectivity index (χ1v) is 8.20. The number of benzene rings is 1. The lowest BCUT2D eigenvalue weighted by atomic mass is 10.2. The summed E-state index contributed by atoms with van der Waals surface area (Å²) in [6, 6.07) is 4.83. The van der Waals surface area contributed by atoms with Crippen LogP contribution in [0.4, 0.5) is 5.13 Å². The van der Waals surface area contributed by atoms with Gasteiger partial charge in [0.15, 0.2) is 6.10 Å². The zero-order valence-corrected chi connectivity index (χ0v) is 14.6. The van der Waals surface area contributed by atoms with Crippen molar-refractivity contribution in [2.75, 3.05) is 5.32 Å². The summed E-state index contributed by atoms with van der Waals surface area (Å²) in [4.78, 5) is 12.1. The number of rotatable bonds is 5. The Kier molecular flexibility index (Phi) is 5.61. The Morgan fingerprint density at radius 1 is 1.27 bits per heavy atom. The maximum Gasteiger partial charge on any atom is 0.266 e. The SMILES string of the molecule is CC(Oc1ccc(Cl)cc1Cl)C(=O)Nc1nnc(C(C)C)s1. The van der Waals surface area contributed by atoms with E-state index in [1.807, 2.05) is 13.8 Å². The zero-order chi connectivity index (χ0) is 16.3. The van der Waals surface area contributed by atoms with Crippen molar-refractivity contribution in [2.45, 2.75) is 32.8 Å². The molecule has 0 aliphatic rings. The number of nitrogens with zero attached hydrogens (tertiary/aromatic N) is 2. The second kappa shape index (κ2) is 7.26. The summed E-state index contributed by atoms with van der Waals surface area (Å²) < 4.78 is 5.54.